The highest BCUT2D eigenvalue weighted by Crippen LogP contribution is 2.70. The molecule has 2 unspecified atom stereocenters. The SMILES string of the molecule is Cc1cnc(CN2CCc3c(NC(=O)CC45CC6CC(C)(CC(C)(C6)C4)C5)cccc3C2=O)cn1. The second kappa shape index (κ2) is 7.87. The maximum absolute atomic E-state index is 13.4. The number of hydrogen-bond acceptors (Lipinski definition) is 4. The van der Waals surface area contributed by atoms with Gasteiger partial charge in [0.25, 0.3) is 5.91 Å². The van der Waals surface area contributed by atoms with Crippen molar-refractivity contribution in [2.45, 2.75) is 78.7 Å². The van der Waals surface area contributed by atoms with E-state index in [0.29, 0.717) is 35.9 Å². The van der Waals surface area contributed by atoms with Crippen molar-refractivity contribution in [3.05, 3.63) is 53.1 Å². The first-order valence-corrected chi connectivity index (χ1v) is 13.1. The fraction of sp³-hybridized carbons (Fsp3) is 0.586. The summed E-state index contributed by atoms with van der Waals surface area (Å²) in [6.45, 7) is 7.86. The molecule has 6 nitrogen and oxygen atoms in total. The quantitative estimate of drug-likeness (QED) is 0.640. The van der Waals surface area contributed by atoms with Gasteiger partial charge in [0.1, 0.15) is 0 Å². The fourth-order valence-electron chi connectivity index (χ4n) is 8.96. The number of carbonyl (C=O) groups excluding carboxylic acids is 2. The van der Waals surface area contributed by atoms with Gasteiger partial charge in [0, 0.05) is 30.4 Å². The molecule has 1 aromatic heterocycles. The van der Waals surface area contributed by atoms with Gasteiger partial charge in [0.05, 0.1) is 24.1 Å². The molecule has 0 spiro atoms. The van der Waals surface area contributed by atoms with Crippen LogP contribution < -0.4 is 5.32 Å². The molecule has 1 N–H and O–H groups in total. The Hall–Kier alpha value is -2.76. The summed E-state index contributed by atoms with van der Waals surface area (Å²) in [5, 5.41) is 3.23. The number of anilines is 1. The van der Waals surface area contributed by atoms with E-state index in [1.807, 2.05) is 30.0 Å². The van der Waals surface area contributed by atoms with Crippen LogP contribution in [0.2, 0.25) is 0 Å². The van der Waals surface area contributed by atoms with E-state index in [4.69, 9.17) is 0 Å². The highest BCUT2D eigenvalue weighted by molar-refractivity contribution is 6.00. The molecular weight excluding hydrogens is 436 g/mol. The molecule has 4 aliphatic carbocycles. The van der Waals surface area contributed by atoms with E-state index < -0.39 is 0 Å². The van der Waals surface area contributed by atoms with Crippen molar-refractivity contribution in [2.75, 3.05) is 11.9 Å². The van der Waals surface area contributed by atoms with Gasteiger partial charge in [-0.1, -0.05) is 19.9 Å². The van der Waals surface area contributed by atoms with Crippen molar-refractivity contribution < 1.29 is 9.59 Å². The van der Waals surface area contributed by atoms with Crippen LogP contribution in [-0.2, 0) is 17.8 Å². The molecule has 2 atom stereocenters. The summed E-state index contributed by atoms with van der Waals surface area (Å²) in [6.07, 6.45) is 12.4. The number of fused-ring (bicyclic) bond motifs is 1. The lowest BCUT2D eigenvalue weighted by molar-refractivity contribution is -0.153. The summed E-state index contributed by atoms with van der Waals surface area (Å²) in [5.74, 6) is 0.879. The van der Waals surface area contributed by atoms with Crippen LogP contribution in [0, 0.1) is 29.1 Å². The van der Waals surface area contributed by atoms with Gasteiger partial charge in [-0.15, -0.1) is 0 Å². The van der Waals surface area contributed by atoms with Gasteiger partial charge in [-0.3, -0.25) is 19.6 Å². The lowest BCUT2D eigenvalue weighted by Crippen LogP contribution is -2.55. The second-order valence-corrected chi connectivity index (χ2v) is 12.8. The molecule has 5 aliphatic rings. The summed E-state index contributed by atoms with van der Waals surface area (Å²) in [4.78, 5) is 37.2. The molecule has 4 fully saturated rings. The Bertz CT molecular complexity index is 1170. The van der Waals surface area contributed by atoms with E-state index in [0.717, 1.165) is 35.0 Å². The fourth-order valence-corrected chi connectivity index (χ4v) is 8.96. The van der Waals surface area contributed by atoms with Gasteiger partial charge < -0.3 is 10.2 Å². The Morgan fingerprint density at radius 3 is 2.54 bits per heavy atom. The second-order valence-electron chi connectivity index (χ2n) is 12.8. The van der Waals surface area contributed by atoms with Crippen LogP contribution in [0.4, 0.5) is 5.69 Å². The molecule has 4 bridgehead atoms. The Labute approximate surface area is 207 Å². The predicted octanol–water partition coefficient (Wildman–Crippen LogP) is 5.31. The number of hydrogen-bond donors (Lipinski definition) is 1. The molecule has 4 saturated carbocycles. The first-order chi connectivity index (χ1) is 16.6. The Balaban J connectivity index is 1.17. The van der Waals surface area contributed by atoms with Crippen molar-refractivity contribution in [3.8, 4) is 0 Å². The van der Waals surface area contributed by atoms with Crippen LogP contribution in [0.15, 0.2) is 30.6 Å². The third kappa shape index (κ3) is 4.15. The summed E-state index contributed by atoms with van der Waals surface area (Å²) < 4.78 is 0. The molecule has 2 heterocycles. The summed E-state index contributed by atoms with van der Waals surface area (Å²) in [7, 11) is 0. The third-order valence-corrected chi connectivity index (χ3v) is 9.06. The molecule has 184 valence electrons. The number of rotatable bonds is 5. The Kier molecular flexibility index (Phi) is 5.10. The summed E-state index contributed by atoms with van der Waals surface area (Å²) in [5.41, 5.74) is 5.04. The van der Waals surface area contributed by atoms with Crippen LogP contribution in [0.25, 0.3) is 0 Å². The zero-order valence-corrected chi connectivity index (χ0v) is 21.2. The van der Waals surface area contributed by atoms with Gasteiger partial charge in [-0.05, 0) is 91.7 Å². The molecule has 7 rings (SSSR count). The highest BCUT2D eigenvalue weighted by Gasteiger charge is 2.60. The Morgan fingerprint density at radius 2 is 1.86 bits per heavy atom. The molecular formula is C29H36N4O2. The molecule has 35 heavy (non-hydrogen) atoms. The maximum atomic E-state index is 13.4. The van der Waals surface area contributed by atoms with Crippen molar-refractivity contribution in [3.63, 3.8) is 0 Å². The van der Waals surface area contributed by atoms with E-state index in [1.54, 1.807) is 12.4 Å². The van der Waals surface area contributed by atoms with Crippen LogP contribution in [0.5, 0.6) is 0 Å². The zero-order valence-electron chi connectivity index (χ0n) is 21.2. The normalized spacial score (nSPS) is 33.1. The molecule has 1 aliphatic heterocycles. The van der Waals surface area contributed by atoms with Crippen LogP contribution in [-0.4, -0.2) is 33.2 Å². The minimum atomic E-state index is -0.00772. The van der Waals surface area contributed by atoms with E-state index >= 15 is 0 Å². The van der Waals surface area contributed by atoms with Gasteiger partial charge in [0.15, 0.2) is 0 Å². The van der Waals surface area contributed by atoms with Gasteiger partial charge >= 0.3 is 0 Å². The number of nitrogens with zero attached hydrogens (tertiary/aromatic N) is 3. The summed E-state index contributed by atoms with van der Waals surface area (Å²) >= 11 is 0. The predicted molar refractivity (Wildman–Crippen MR) is 135 cm³/mol. The average molecular weight is 473 g/mol. The number of carbonyl (C=O) groups is 2. The number of aromatic nitrogens is 2. The molecule has 2 amide bonds. The van der Waals surface area contributed by atoms with Crippen LogP contribution in [0.1, 0.15) is 86.1 Å². The Morgan fingerprint density at radius 1 is 1.09 bits per heavy atom. The van der Waals surface area contributed by atoms with Gasteiger partial charge in [-0.2, -0.15) is 0 Å². The standard InChI is InChI=1S/C29H36N4O2/c1-19-13-31-21(14-30-19)15-33-8-7-22-23(26(33)35)5-4-6-24(22)32-25(34)12-29-11-20-9-27(2,17-29)16-28(3,10-20)18-29/h4-6,13-14,20H,7-12,15-18H2,1-3H3,(H,32,34). The number of amides is 2. The molecule has 1 aromatic carbocycles. The summed E-state index contributed by atoms with van der Waals surface area (Å²) in [6, 6.07) is 5.71. The van der Waals surface area contributed by atoms with Crippen molar-refractivity contribution >= 4 is 17.5 Å². The highest BCUT2D eigenvalue weighted by atomic mass is 16.2. The van der Waals surface area contributed by atoms with Gasteiger partial charge in [-0.25, -0.2) is 0 Å². The number of nitrogens with one attached hydrogen (secondary N) is 1. The number of benzene rings is 1. The van der Waals surface area contributed by atoms with E-state index in [9.17, 15) is 9.59 Å². The smallest absolute Gasteiger partial charge is 0.254 e. The average Bonchev–Trinajstić information content (AvgIpc) is 2.74. The van der Waals surface area contributed by atoms with Crippen LogP contribution >= 0.6 is 0 Å². The monoisotopic (exact) mass is 472 g/mol. The van der Waals surface area contributed by atoms with Crippen molar-refractivity contribution in [1.82, 2.24) is 14.9 Å². The van der Waals surface area contributed by atoms with Crippen molar-refractivity contribution in [2.24, 2.45) is 22.2 Å². The largest absolute Gasteiger partial charge is 0.332 e. The topological polar surface area (TPSA) is 75.2 Å². The molecule has 2 aromatic rings. The van der Waals surface area contributed by atoms with Crippen LogP contribution in [0.3, 0.4) is 0 Å². The third-order valence-electron chi connectivity index (χ3n) is 9.06. The van der Waals surface area contributed by atoms with E-state index in [-0.39, 0.29) is 17.2 Å². The number of aryl methyl sites for hydroxylation is 1. The maximum Gasteiger partial charge on any atom is 0.254 e. The zero-order chi connectivity index (χ0) is 24.4. The lowest BCUT2D eigenvalue weighted by Gasteiger charge is -2.65. The molecule has 0 radical (unpaired) electrons. The van der Waals surface area contributed by atoms with E-state index in [2.05, 4.69) is 29.1 Å². The lowest BCUT2D eigenvalue weighted by atomic mass is 9.40. The minimum absolute atomic E-state index is 0.00772. The first-order valence-electron chi connectivity index (χ1n) is 13.1. The van der Waals surface area contributed by atoms with E-state index in [1.165, 1.54) is 38.5 Å². The molecule has 6 heteroatoms. The first kappa shape index (κ1) is 22.7. The minimum Gasteiger partial charge on any atom is -0.332 e. The van der Waals surface area contributed by atoms with Crippen molar-refractivity contribution in [1.29, 1.82) is 0 Å². The molecule has 0 saturated heterocycles. The van der Waals surface area contributed by atoms with Gasteiger partial charge in [0.2, 0.25) is 5.91 Å².